The SMILES string of the molecule is NC(=O)C1CCCN(CCCNC(=O)c2sccc2-c2nc(-c3cc4ccccc4o3)cs2)C1. The molecule has 9 heteroatoms. The highest BCUT2D eigenvalue weighted by Gasteiger charge is 2.23. The number of aromatic nitrogens is 1. The number of piperidine rings is 1. The van der Waals surface area contributed by atoms with E-state index >= 15 is 0 Å². The molecule has 0 aliphatic carbocycles. The van der Waals surface area contributed by atoms with Crippen LogP contribution in [0, 0.1) is 5.92 Å². The van der Waals surface area contributed by atoms with E-state index in [9.17, 15) is 9.59 Å². The second kappa shape index (κ2) is 10.1. The van der Waals surface area contributed by atoms with Gasteiger partial charge in [-0.2, -0.15) is 0 Å². The molecule has 1 fully saturated rings. The smallest absolute Gasteiger partial charge is 0.262 e. The average Bonchev–Trinajstić information content (AvgIpc) is 3.60. The molecule has 0 radical (unpaired) electrons. The minimum atomic E-state index is -0.214. The Bertz CT molecular complexity index is 1280. The molecular formula is C25H26N4O3S2. The Hall–Kier alpha value is -3.01. The van der Waals surface area contributed by atoms with E-state index in [2.05, 4.69) is 10.2 Å². The van der Waals surface area contributed by atoms with Crippen molar-refractivity contribution in [1.82, 2.24) is 15.2 Å². The Morgan fingerprint density at radius 3 is 2.97 bits per heavy atom. The molecule has 3 N–H and O–H groups in total. The van der Waals surface area contributed by atoms with Gasteiger partial charge in [-0.1, -0.05) is 18.2 Å². The van der Waals surface area contributed by atoms with Crippen LogP contribution >= 0.6 is 22.7 Å². The predicted molar refractivity (Wildman–Crippen MR) is 136 cm³/mol. The molecule has 1 saturated heterocycles. The highest BCUT2D eigenvalue weighted by molar-refractivity contribution is 7.15. The molecule has 1 aliphatic rings. The summed E-state index contributed by atoms with van der Waals surface area (Å²) in [5.74, 6) is 0.369. The standard InChI is InChI=1S/C25H26N4O3S2/c26-23(30)17-6-3-10-29(14-17)11-4-9-27-24(31)22-18(8-12-33-22)25-28-19(15-34-25)21-13-16-5-1-2-7-20(16)32-21/h1-2,5,7-8,12-13,15,17H,3-4,6,9-11,14H2,(H2,26,30)(H,27,31). The largest absolute Gasteiger partial charge is 0.454 e. The van der Waals surface area contributed by atoms with Gasteiger partial charge >= 0.3 is 0 Å². The maximum Gasteiger partial charge on any atom is 0.262 e. The van der Waals surface area contributed by atoms with Crippen LogP contribution in [0.1, 0.15) is 28.9 Å². The van der Waals surface area contributed by atoms with Gasteiger partial charge in [0.25, 0.3) is 5.91 Å². The summed E-state index contributed by atoms with van der Waals surface area (Å²) in [7, 11) is 0. The highest BCUT2D eigenvalue weighted by atomic mass is 32.1. The molecule has 0 saturated carbocycles. The molecule has 7 nitrogen and oxygen atoms in total. The molecule has 3 aromatic heterocycles. The molecule has 4 heterocycles. The summed E-state index contributed by atoms with van der Waals surface area (Å²) < 4.78 is 5.94. The summed E-state index contributed by atoms with van der Waals surface area (Å²) in [6, 6.07) is 11.8. The topological polar surface area (TPSA) is 101 Å². The van der Waals surface area contributed by atoms with E-state index in [1.165, 1.54) is 22.7 Å². The number of likely N-dealkylation sites (tertiary alicyclic amines) is 1. The number of benzene rings is 1. The monoisotopic (exact) mass is 494 g/mol. The number of hydrogen-bond acceptors (Lipinski definition) is 7. The van der Waals surface area contributed by atoms with Crippen molar-refractivity contribution in [2.45, 2.75) is 19.3 Å². The fourth-order valence-corrected chi connectivity index (χ4v) is 6.06. The van der Waals surface area contributed by atoms with Crippen molar-refractivity contribution in [2.24, 2.45) is 11.7 Å². The fraction of sp³-hybridized carbons (Fsp3) is 0.320. The summed E-state index contributed by atoms with van der Waals surface area (Å²) in [5.41, 5.74) is 7.90. The minimum Gasteiger partial charge on any atom is -0.454 e. The van der Waals surface area contributed by atoms with Gasteiger partial charge in [-0.3, -0.25) is 9.59 Å². The number of hydrogen-bond donors (Lipinski definition) is 2. The van der Waals surface area contributed by atoms with E-state index in [1.807, 2.05) is 47.2 Å². The van der Waals surface area contributed by atoms with E-state index in [0.717, 1.165) is 71.9 Å². The third kappa shape index (κ3) is 4.91. The fourth-order valence-electron chi connectivity index (χ4n) is 4.35. The molecule has 34 heavy (non-hydrogen) atoms. The first-order valence-corrected chi connectivity index (χ1v) is 13.2. The second-order valence-corrected chi connectivity index (χ2v) is 10.3. The number of amides is 2. The molecule has 176 valence electrons. The number of fused-ring (bicyclic) bond motifs is 1. The third-order valence-corrected chi connectivity index (χ3v) is 7.92. The summed E-state index contributed by atoms with van der Waals surface area (Å²) in [5, 5.41) is 8.76. The average molecular weight is 495 g/mol. The molecule has 1 unspecified atom stereocenters. The van der Waals surface area contributed by atoms with Crippen molar-refractivity contribution in [3.8, 4) is 22.0 Å². The van der Waals surface area contributed by atoms with Gasteiger partial charge in [0.05, 0.1) is 5.92 Å². The van der Waals surface area contributed by atoms with Crippen LogP contribution in [0.2, 0.25) is 0 Å². The Kier molecular flexibility index (Phi) is 6.75. The van der Waals surface area contributed by atoms with E-state index < -0.39 is 0 Å². The van der Waals surface area contributed by atoms with Gasteiger partial charge in [-0.15, -0.1) is 22.7 Å². The highest BCUT2D eigenvalue weighted by Crippen LogP contribution is 2.35. The maximum atomic E-state index is 12.9. The second-order valence-electron chi connectivity index (χ2n) is 8.50. The Balaban J connectivity index is 1.19. The zero-order valence-electron chi connectivity index (χ0n) is 18.7. The lowest BCUT2D eigenvalue weighted by atomic mass is 9.97. The molecule has 5 rings (SSSR count). The molecule has 1 atom stereocenters. The number of carbonyl (C=O) groups is 2. The van der Waals surface area contributed by atoms with Gasteiger partial charge in [0.15, 0.2) is 5.76 Å². The van der Waals surface area contributed by atoms with Crippen molar-refractivity contribution >= 4 is 45.5 Å². The lowest BCUT2D eigenvalue weighted by molar-refractivity contribution is -0.123. The zero-order valence-corrected chi connectivity index (χ0v) is 20.3. The molecule has 1 aliphatic heterocycles. The number of rotatable bonds is 8. The number of nitrogens with one attached hydrogen (secondary N) is 1. The quantitative estimate of drug-likeness (QED) is 0.349. The van der Waals surface area contributed by atoms with Gasteiger partial charge < -0.3 is 20.4 Å². The lowest BCUT2D eigenvalue weighted by Crippen LogP contribution is -2.42. The minimum absolute atomic E-state index is 0.0558. The predicted octanol–water partition coefficient (Wildman–Crippen LogP) is 4.60. The first-order chi connectivity index (χ1) is 16.6. The van der Waals surface area contributed by atoms with E-state index in [0.29, 0.717) is 11.4 Å². The first-order valence-electron chi connectivity index (χ1n) is 11.4. The Labute approximate surface area is 205 Å². The van der Waals surface area contributed by atoms with Crippen LogP contribution in [0.5, 0.6) is 0 Å². The maximum absolute atomic E-state index is 12.9. The molecule has 0 bridgehead atoms. The molecule has 0 spiro atoms. The van der Waals surface area contributed by atoms with Gasteiger partial charge in [-0.05, 0) is 55.9 Å². The van der Waals surface area contributed by atoms with Crippen LogP contribution in [0.4, 0.5) is 0 Å². The normalized spacial score (nSPS) is 16.6. The van der Waals surface area contributed by atoms with Crippen LogP contribution < -0.4 is 11.1 Å². The van der Waals surface area contributed by atoms with Gasteiger partial charge in [0, 0.05) is 29.4 Å². The summed E-state index contributed by atoms with van der Waals surface area (Å²) in [4.78, 5) is 32.0. The van der Waals surface area contributed by atoms with E-state index in [4.69, 9.17) is 15.1 Å². The number of carbonyl (C=O) groups excluding carboxylic acids is 2. The number of thiophene rings is 1. The van der Waals surface area contributed by atoms with Gasteiger partial charge in [0.2, 0.25) is 5.91 Å². The van der Waals surface area contributed by atoms with Crippen molar-refractivity contribution < 1.29 is 14.0 Å². The van der Waals surface area contributed by atoms with Crippen LogP contribution in [-0.2, 0) is 4.79 Å². The number of thiazole rings is 1. The molecule has 4 aromatic rings. The number of para-hydroxylation sites is 1. The number of furan rings is 1. The van der Waals surface area contributed by atoms with Crippen LogP contribution in [0.3, 0.4) is 0 Å². The molecule has 1 aromatic carbocycles. The van der Waals surface area contributed by atoms with Crippen LogP contribution in [0.25, 0.3) is 33.0 Å². The van der Waals surface area contributed by atoms with Gasteiger partial charge in [-0.25, -0.2) is 4.98 Å². The zero-order chi connectivity index (χ0) is 23.5. The number of nitrogens with two attached hydrogens (primary N) is 1. The van der Waals surface area contributed by atoms with E-state index in [1.54, 1.807) is 0 Å². The number of primary amides is 1. The third-order valence-electron chi connectivity index (χ3n) is 6.13. The summed E-state index contributed by atoms with van der Waals surface area (Å²) in [6.07, 6.45) is 2.69. The Morgan fingerprint density at radius 1 is 1.24 bits per heavy atom. The van der Waals surface area contributed by atoms with Crippen molar-refractivity contribution in [3.05, 3.63) is 52.0 Å². The lowest BCUT2D eigenvalue weighted by Gasteiger charge is -2.31. The summed E-state index contributed by atoms with van der Waals surface area (Å²) in [6.45, 7) is 3.12. The number of nitrogens with zero attached hydrogens (tertiary/aromatic N) is 2. The van der Waals surface area contributed by atoms with Crippen molar-refractivity contribution in [1.29, 1.82) is 0 Å². The van der Waals surface area contributed by atoms with Crippen molar-refractivity contribution in [3.63, 3.8) is 0 Å². The van der Waals surface area contributed by atoms with Crippen molar-refractivity contribution in [2.75, 3.05) is 26.2 Å². The molecular weight excluding hydrogens is 468 g/mol. The van der Waals surface area contributed by atoms with E-state index in [-0.39, 0.29) is 17.7 Å². The van der Waals surface area contributed by atoms with Crippen LogP contribution in [0.15, 0.2) is 51.6 Å². The molecule has 2 amide bonds. The Morgan fingerprint density at radius 2 is 2.12 bits per heavy atom. The van der Waals surface area contributed by atoms with Crippen LogP contribution in [-0.4, -0.2) is 47.9 Å². The van der Waals surface area contributed by atoms with Gasteiger partial charge in [0.1, 0.15) is 21.2 Å². The summed E-state index contributed by atoms with van der Waals surface area (Å²) >= 11 is 2.92. The first kappa shape index (κ1) is 22.8.